The summed E-state index contributed by atoms with van der Waals surface area (Å²) in [6.45, 7) is 3.74. The van der Waals surface area contributed by atoms with Crippen molar-refractivity contribution in [3.05, 3.63) is 72.9 Å². The van der Waals surface area contributed by atoms with Crippen LogP contribution < -0.4 is 5.32 Å². The summed E-state index contributed by atoms with van der Waals surface area (Å²) >= 11 is 0. The number of aliphatic hydroxyl groups excluding tert-OH is 5. The van der Waals surface area contributed by atoms with E-state index in [9.17, 15) is 30.3 Å². The zero-order valence-corrected chi connectivity index (χ0v) is 46.4. The van der Waals surface area contributed by atoms with E-state index in [1.807, 2.05) is 0 Å². The third-order valence-corrected chi connectivity index (χ3v) is 14.1. The summed E-state index contributed by atoms with van der Waals surface area (Å²) in [6, 6.07) is -0.733. The van der Waals surface area contributed by atoms with Gasteiger partial charge in [-0.05, 0) is 64.2 Å². The van der Waals surface area contributed by atoms with Crippen molar-refractivity contribution in [2.75, 3.05) is 13.2 Å². The van der Waals surface area contributed by atoms with Crippen LogP contribution >= 0.6 is 0 Å². The molecule has 1 aliphatic rings. The molecular weight excluding hydrogens is 899 g/mol. The molecule has 0 bridgehead atoms. The second-order valence-corrected chi connectivity index (χ2v) is 20.8. The maximum Gasteiger partial charge on any atom is 0.220 e. The minimum absolute atomic E-state index is 0.147. The lowest BCUT2D eigenvalue weighted by Crippen LogP contribution is -2.60. The van der Waals surface area contributed by atoms with E-state index in [1.54, 1.807) is 0 Å². The summed E-state index contributed by atoms with van der Waals surface area (Å²) in [4.78, 5) is 13.1. The predicted molar refractivity (Wildman–Crippen MR) is 304 cm³/mol. The van der Waals surface area contributed by atoms with E-state index in [4.69, 9.17) is 9.47 Å². The van der Waals surface area contributed by atoms with E-state index in [1.165, 1.54) is 141 Å². The first-order valence-corrected chi connectivity index (χ1v) is 30.1. The molecule has 1 saturated heterocycles. The number of aliphatic hydroxyl groups is 5. The van der Waals surface area contributed by atoms with Crippen molar-refractivity contribution in [1.82, 2.24) is 5.32 Å². The van der Waals surface area contributed by atoms with Crippen LogP contribution in [0.1, 0.15) is 264 Å². The fraction of sp³-hybridized carbons (Fsp3) is 0.794. The van der Waals surface area contributed by atoms with Crippen molar-refractivity contribution in [2.45, 2.75) is 307 Å². The van der Waals surface area contributed by atoms with Gasteiger partial charge in [0.25, 0.3) is 0 Å². The highest BCUT2D eigenvalue weighted by Gasteiger charge is 2.44. The Morgan fingerprint density at radius 3 is 1.28 bits per heavy atom. The molecule has 0 saturated carbocycles. The monoisotopic (exact) mass is 1010 g/mol. The van der Waals surface area contributed by atoms with Gasteiger partial charge in [-0.15, -0.1) is 0 Å². The van der Waals surface area contributed by atoms with Gasteiger partial charge in [-0.1, -0.05) is 267 Å². The molecule has 9 nitrogen and oxygen atoms in total. The summed E-state index contributed by atoms with van der Waals surface area (Å²) in [5, 5.41) is 54.8. The lowest BCUT2D eigenvalue weighted by Gasteiger charge is -2.40. The topological polar surface area (TPSA) is 149 Å². The van der Waals surface area contributed by atoms with Crippen LogP contribution in [0.4, 0.5) is 0 Å². The number of unbranched alkanes of at least 4 members (excludes halogenated alkanes) is 29. The number of nitrogens with one attached hydrogen (secondary N) is 1. The van der Waals surface area contributed by atoms with Crippen LogP contribution in [0.2, 0.25) is 0 Å². The van der Waals surface area contributed by atoms with Crippen LogP contribution in [0.15, 0.2) is 72.9 Å². The molecule has 0 aromatic carbocycles. The number of allylic oxidation sites excluding steroid dienone is 12. The highest BCUT2D eigenvalue weighted by atomic mass is 16.7. The standard InChI is InChI=1S/C63H113NO8/c1-3-5-7-9-11-13-15-17-19-21-23-25-27-29-31-33-35-37-39-41-43-45-47-49-51-53-59(67)64-56(55-71-63-62(70)61(69)60(68)58(54-65)72-63)57(66)52-50-48-46-44-42-40-38-36-34-32-30-28-26-24-22-20-18-16-14-12-10-8-6-4-2/h5,7,11,13,17,19,23,25,29,31,35,37,56-58,60-63,65-66,68-70H,3-4,6,8-10,12,14-16,18,20-22,24,26-28,30,32-34,36,38-55H2,1-2H3,(H,64,67)/b7-5-,13-11-,19-17-,25-23-,31-29-,37-35-. The molecule has 1 amide bonds. The van der Waals surface area contributed by atoms with Crippen LogP contribution in [-0.4, -0.2) is 87.5 Å². The van der Waals surface area contributed by atoms with Crippen LogP contribution in [0, 0.1) is 0 Å². The molecule has 1 aliphatic heterocycles. The van der Waals surface area contributed by atoms with Crippen molar-refractivity contribution in [2.24, 2.45) is 0 Å². The third kappa shape index (κ3) is 40.9. The fourth-order valence-corrected chi connectivity index (χ4v) is 9.34. The summed E-state index contributed by atoms with van der Waals surface area (Å²) in [5.74, 6) is -0.159. The van der Waals surface area contributed by atoms with Gasteiger partial charge in [0.05, 0.1) is 25.4 Å². The number of hydrogen-bond acceptors (Lipinski definition) is 8. The Morgan fingerprint density at radius 1 is 0.486 bits per heavy atom. The van der Waals surface area contributed by atoms with E-state index >= 15 is 0 Å². The lowest BCUT2D eigenvalue weighted by atomic mass is 9.99. The molecule has 7 atom stereocenters. The number of rotatable bonds is 51. The minimum atomic E-state index is -1.56. The largest absolute Gasteiger partial charge is 0.394 e. The van der Waals surface area contributed by atoms with Crippen LogP contribution in [0.5, 0.6) is 0 Å². The number of amides is 1. The van der Waals surface area contributed by atoms with E-state index in [-0.39, 0.29) is 12.5 Å². The molecule has 0 radical (unpaired) electrons. The third-order valence-electron chi connectivity index (χ3n) is 14.1. The maximum atomic E-state index is 13.1. The van der Waals surface area contributed by atoms with E-state index in [0.29, 0.717) is 12.8 Å². The molecule has 1 heterocycles. The smallest absolute Gasteiger partial charge is 0.220 e. The molecule has 1 rings (SSSR count). The minimum Gasteiger partial charge on any atom is -0.394 e. The lowest BCUT2D eigenvalue weighted by molar-refractivity contribution is -0.302. The fourth-order valence-electron chi connectivity index (χ4n) is 9.34. The maximum absolute atomic E-state index is 13.1. The van der Waals surface area contributed by atoms with Crippen molar-refractivity contribution in [1.29, 1.82) is 0 Å². The first-order valence-electron chi connectivity index (χ1n) is 30.1. The van der Waals surface area contributed by atoms with Crippen molar-refractivity contribution < 1.29 is 39.8 Å². The highest BCUT2D eigenvalue weighted by Crippen LogP contribution is 2.23. The highest BCUT2D eigenvalue weighted by molar-refractivity contribution is 5.76. The SMILES string of the molecule is CC/C=C\C/C=C\C/C=C\C/C=C\C/C=C\C/C=C\CCCCCCCCC(=O)NC(COC1OC(CO)C(O)C(O)C1O)C(O)CCCCCCCCCCCCCCCCCCCCCCCCCC. The van der Waals surface area contributed by atoms with Gasteiger partial charge < -0.3 is 40.3 Å². The summed E-state index contributed by atoms with van der Waals surface area (Å²) < 4.78 is 11.3. The van der Waals surface area contributed by atoms with Crippen molar-refractivity contribution in [3.8, 4) is 0 Å². The van der Waals surface area contributed by atoms with Crippen molar-refractivity contribution >= 4 is 5.91 Å². The first-order chi connectivity index (χ1) is 35.3. The molecule has 0 aliphatic carbocycles. The molecular formula is C63H113NO8. The molecule has 0 spiro atoms. The Morgan fingerprint density at radius 2 is 0.861 bits per heavy atom. The van der Waals surface area contributed by atoms with Crippen LogP contribution in [0.25, 0.3) is 0 Å². The van der Waals surface area contributed by atoms with Gasteiger partial charge in [-0.3, -0.25) is 4.79 Å². The Bertz CT molecular complexity index is 1360. The Labute approximate surface area is 442 Å². The van der Waals surface area contributed by atoms with Crippen molar-refractivity contribution in [3.63, 3.8) is 0 Å². The van der Waals surface area contributed by atoms with Gasteiger partial charge in [-0.25, -0.2) is 0 Å². The van der Waals surface area contributed by atoms with Gasteiger partial charge in [0, 0.05) is 6.42 Å². The molecule has 72 heavy (non-hydrogen) atoms. The molecule has 6 N–H and O–H groups in total. The second-order valence-electron chi connectivity index (χ2n) is 20.8. The number of ether oxygens (including phenoxy) is 2. The van der Waals surface area contributed by atoms with E-state index in [2.05, 4.69) is 92.1 Å². The number of carbonyl (C=O) groups excluding carboxylic acids is 1. The van der Waals surface area contributed by atoms with Gasteiger partial charge in [0.15, 0.2) is 6.29 Å². The zero-order chi connectivity index (χ0) is 52.2. The van der Waals surface area contributed by atoms with Gasteiger partial charge in [-0.2, -0.15) is 0 Å². The molecule has 1 fully saturated rings. The van der Waals surface area contributed by atoms with Crippen LogP contribution in [-0.2, 0) is 14.3 Å². The average Bonchev–Trinajstić information content (AvgIpc) is 3.38. The van der Waals surface area contributed by atoms with Gasteiger partial charge >= 0.3 is 0 Å². The Balaban J connectivity index is 2.22. The number of carbonyl (C=O) groups is 1. The zero-order valence-electron chi connectivity index (χ0n) is 46.4. The first kappa shape index (κ1) is 67.6. The predicted octanol–water partition coefficient (Wildman–Crippen LogP) is 15.2. The number of hydrogen-bond donors (Lipinski definition) is 6. The summed E-state index contributed by atoms with van der Waals surface area (Å²) in [5.41, 5.74) is 0. The van der Waals surface area contributed by atoms with E-state index < -0.39 is 49.5 Å². The normalized spacial score (nSPS) is 19.7. The molecule has 9 heteroatoms. The molecule has 0 aromatic rings. The Hall–Kier alpha value is -2.37. The summed E-state index contributed by atoms with van der Waals surface area (Å²) in [7, 11) is 0. The van der Waals surface area contributed by atoms with Gasteiger partial charge in [0.2, 0.25) is 5.91 Å². The quantitative estimate of drug-likeness (QED) is 0.0261. The molecule has 7 unspecified atom stereocenters. The Kier molecular flexibility index (Phi) is 48.9. The molecule has 418 valence electrons. The average molecular weight is 1010 g/mol. The van der Waals surface area contributed by atoms with Gasteiger partial charge in [0.1, 0.15) is 24.4 Å². The second kappa shape index (κ2) is 52.1. The molecule has 0 aromatic heterocycles. The summed E-state index contributed by atoms with van der Waals surface area (Å²) in [6.07, 6.45) is 65.0. The van der Waals surface area contributed by atoms with E-state index in [0.717, 1.165) is 96.3 Å². The van der Waals surface area contributed by atoms with Crippen LogP contribution in [0.3, 0.4) is 0 Å².